The number of hydrogen-bond donors (Lipinski definition) is 5. The summed E-state index contributed by atoms with van der Waals surface area (Å²) >= 11 is 0. The highest BCUT2D eigenvalue weighted by Gasteiger charge is 2.20. The zero-order valence-electron chi connectivity index (χ0n) is 12.3. The van der Waals surface area contributed by atoms with Gasteiger partial charge in [-0.2, -0.15) is 0 Å². The number of aliphatic carboxylic acids is 1. The highest BCUT2D eigenvalue weighted by atomic mass is 16.4. The number of H-pyrrole nitrogens is 1. The third-order valence-corrected chi connectivity index (χ3v) is 2.97. The van der Waals surface area contributed by atoms with E-state index in [1.54, 1.807) is 6.20 Å². The molecule has 1 rings (SSSR count). The predicted octanol–water partition coefficient (Wildman–Crippen LogP) is -0.426. The molecule has 0 aliphatic carbocycles. The lowest BCUT2D eigenvalue weighted by Crippen LogP contribution is -2.42. The van der Waals surface area contributed by atoms with Crippen LogP contribution in [0.2, 0.25) is 0 Å². The number of amides is 1. The van der Waals surface area contributed by atoms with Crippen LogP contribution in [-0.2, 0) is 16.0 Å². The first-order chi connectivity index (χ1) is 10.6. The molecule has 0 bridgehead atoms. The molecular formula is C13H22N6O3. The van der Waals surface area contributed by atoms with Gasteiger partial charge in [-0.3, -0.25) is 9.79 Å². The van der Waals surface area contributed by atoms with Crippen LogP contribution in [0.4, 0.5) is 0 Å². The number of hydrogen-bond acceptors (Lipinski definition) is 5. The summed E-state index contributed by atoms with van der Waals surface area (Å²) < 4.78 is 0. The third kappa shape index (κ3) is 7.39. The van der Waals surface area contributed by atoms with Gasteiger partial charge in [0.05, 0.1) is 12.7 Å². The maximum Gasteiger partial charge on any atom is 0.326 e. The standard InChI is InChI=1S/C13H22N6O3/c14-18-9-15-5-3-1-2-4-12(20)19-11(13(21)22)6-10-7-16-8-17-10/h7-9,11H,1-6,14H2,(H,15,18)(H,16,17)(H,19,20)(H,21,22)/t11-/m0/s1. The van der Waals surface area contributed by atoms with Gasteiger partial charge in [0.2, 0.25) is 5.91 Å². The minimum Gasteiger partial charge on any atom is -0.480 e. The van der Waals surface area contributed by atoms with Gasteiger partial charge in [0, 0.05) is 31.3 Å². The number of aliphatic imine (C=N–C) groups is 1. The molecule has 0 aromatic carbocycles. The van der Waals surface area contributed by atoms with Crippen LogP contribution in [0.25, 0.3) is 0 Å². The number of nitrogens with two attached hydrogens (primary N) is 1. The Kier molecular flexibility index (Phi) is 8.28. The lowest BCUT2D eigenvalue weighted by Gasteiger charge is -2.13. The number of nitrogens with one attached hydrogen (secondary N) is 3. The van der Waals surface area contributed by atoms with Crippen molar-refractivity contribution >= 4 is 18.2 Å². The molecule has 22 heavy (non-hydrogen) atoms. The van der Waals surface area contributed by atoms with Crippen LogP contribution < -0.4 is 16.6 Å². The summed E-state index contributed by atoms with van der Waals surface area (Å²) in [7, 11) is 0. The normalized spacial score (nSPS) is 12.2. The molecule has 0 saturated carbocycles. The summed E-state index contributed by atoms with van der Waals surface area (Å²) in [5, 5.41) is 11.7. The summed E-state index contributed by atoms with van der Waals surface area (Å²) in [5.41, 5.74) is 2.97. The number of carboxylic acids is 1. The van der Waals surface area contributed by atoms with E-state index in [1.165, 1.54) is 12.7 Å². The van der Waals surface area contributed by atoms with Gasteiger partial charge in [0.1, 0.15) is 6.04 Å². The van der Waals surface area contributed by atoms with E-state index < -0.39 is 12.0 Å². The van der Waals surface area contributed by atoms with E-state index in [-0.39, 0.29) is 12.3 Å². The van der Waals surface area contributed by atoms with Crippen LogP contribution in [0, 0.1) is 0 Å². The number of carboxylic acid groups (broad SMARTS) is 1. The van der Waals surface area contributed by atoms with Crippen molar-refractivity contribution < 1.29 is 14.7 Å². The second-order valence-electron chi connectivity index (χ2n) is 4.75. The minimum atomic E-state index is -1.06. The number of imidazole rings is 1. The van der Waals surface area contributed by atoms with Crippen LogP contribution in [0.5, 0.6) is 0 Å². The van der Waals surface area contributed by atoms with Gasteiger partial charge in [-0.25, -0.2) is 15.6 Å². The summed E-state index contributed by atoms with van der Waals surface area (Å²) in [6.07, 6.45) is 7.29. The molecule has 0 radical (unpaired) electrons. The van der Waals surface area contributed by atoms with Crippen LogP contribution in [-0.4, -0.2) is 45.9 Å². The van der Waals surface area contributed by atoms with Gasteiger partial charge in [0.15, 0.2) is 0 Å². The second kappa shape index (κ2) is 10.3. The van der Waals surface area contributed by atoms with Gasteiger partial charge in [-0.05, 0) is 12.8 Å². The van der Waals surface area contributed by atoms with Crippen molar-refractivity contribution in [3.8, 4) is 0 Å². The average molecular weight is 310 g/mol. The Morgan fingerprint density at radius 1 is 1.45 bits per heavy atom. The van der Waals surface area contributed by atoms with E-state index in [1.807, 2.05) is 0 Å². The van der Waals surface area contributed by atoms with Crippen LogP contribution >= 0.6 is 0 Å². The smallest absolute Gasteiger partial charge is 0.326 e. The number of hydrazine groups is 1. The largest absolute Gasteiger partial charge is 0.480 e. The van der Waals surface area contributed by atoms with E-state index in [0.29, 0.717) is 25.1 Å². The number of nitrogens with zero attached hydrogens (tertiary/aromatic N) is 2. The van der Waals surface area contributed by atoms with E-state index in [0.717, 1.165) is 12.8 Å². The molecule has 1 heterocycles. The fraction of sp³-hybridized carbons (Fsp3) is 0.538. The molecule has 1 aromatic rings. The lowest BCUT2D eigenvalue weighted by atomic mass is 10.1. The van der Waals surface area contributed by atoms with E-state index >= 15 is 0 Å². The molecule has 1 amide bonds. The Hall–Kier alpha value is -2.42. The molecule has 0 aliphatic heterocycles. The summed E-state index contributed by atoms with van der Waals surface area (Å²) in [5.74, 6) is 3.69. The molecule has 9 nitrogen and oxygen atoms in total. The lowest BCUT2D eigenvalue weighted by molar-refractivity contribution is -0.141. The summed E-state index contributed by atoms with van der Waals surface area (Å²) in [6.45, 7) is 0.642. The summed E-state index contributed by atoms with van der Waals surface area (Å²) in [4.78, 5) is 33.5. The van der Waals surface area contributed by atoms with E-state index in [2.05, 4.69) is 25.7 Å². The predicted molar refractivity (Wildman–Crippen MR) is 81.0 cm³/mol. The average Bonchev–Trinajstić information content (AvgIpc) is 2.98. The second-order valence-corrected chi connectivity index (χ2v) is 4.75. The van der Waals surface area contributed by atoms with Crippen molar-refractivity contribution in [3.63, 3.8) is 0 Å². The molecule has 0 unspecified atom stereocenters. The SMILES string of the molecule is NNC=NCCCCCC(=O)N[C@@H](Cc1cnc[nH]1)C(=O)O. The molecule has 6 N–H and O–H groups in total. The molecule has 1 atom stereocenters. The minimum absolute atomic E-state index is 0.182. The number of carbonyl (C=O) groups excluding carboxylic acids is 1. The van der Waals surface area contributed by atoms with Crippen molar-refractivity contribution in [2.45, 2.75) is 38.1 Å². The summed E-state index contributed by atoms with van der Waals surface area (Å²) in [6, 6.07) is -0.951. The third-order valence-electron chi connectivity index (χ3n) is 2.97. The van der Waals surface area contributed by atoms with Crippen LogP contribution in [0.15, 0.2) is 17.5 Å². The number of carbonyl (C=O) groups is 2. The topological polar surface area (TPSA) is 145 Å². The zero-order valence-corrected chi connectivity index (χ0v) is 12.3. The molecule has 9 heteroatoms. The Labute approximate surface area is 128 Å². The quantitative estimate of drug-likeness (QED) is 0.123. The molecule has 0 fully saturated rings. The maximum atomic E-state index is 11.8. The fourth-order valence-corrected chi connectivity index (χ4v) is 1.87. The van der Waals surface area contributed by atoms with Crippen molar-refractivity contribution in [3.05, 3.63) is 18.2 Å². The first-order valence-corrected chi connectivity index (χ1v) is 7.07. The highest BCUT2D eigenvalue weighted by Crippen LogP contribution is 2.03. The van der Waals surface area contributed by atoms with Crippen molar-refractivity contribution in [1.29, 1.82) is 0 Å². The van der Waals surface area contributed by atoms with Gasteiger partial charge >= 0.3 is 5.97 Å². The molecular weight excluding hydrogens is 288 g/mol. The number of aromatic nitrogens is 2. The Balaban J connectivity index is 2.23. The molecule has 0 aliphatic rings. The first kappa shape index (κ1) is 17.6. The van der Waals surface area contributed by atoms with Crippen molar-refractivity contribution in [1.82, 2.24) is 20.7 Å². The van der Waals surface area contributed by atoms with E-state index in [9.17, 15) is 9.59 Å². The Morgan fingerprint density at radius 3 is 2.91 bits per heavy atom. The molecule has 1 aromatic heterocycles. The van der Waals surface area contributed by atoms with Gasteiger partial charge < -0.3 is 20.8 Å². The Bertz CT molecular complexity index is 474. The van der Waals surface area contributed by atoms with Gasteiger partial charge in [-0.15, -0.1) is 0 Å². The number of aromatic amines is 1. The number of rotatable bonds is 11. The van der Waals surface area contributed by atoms with Crippen molar-refractivity contribution in [2.75, 3.05) is 6.54 Å². The van der Waals surface area contributed by atoms with Crippen LogP contribution in [0.1, 0.15) is 31.4 Å². The monoisotopic (exact) mass is 310 g/mol. The van der Waals surface area contributed by atoms with Crippen LogP contribution in [0.3, 0.4) is 0 Å². The molecule has 122 valence electrons. The zero-order chi connectivity index (χ0) is 16.2. The van der Waals surface area contributed by atoms with Gasteiger partial charge in [-0.1, -0.05) is 6.42 Å². The molecule has 0 saturated heterocycles. The number of unbranched alkanes of at least 4 members (excludes halogenated alkanes) is 2. The first-order valence-electron chi connectivity index (χ1n) is 7.07. The highest BCUT2D eigenvalue weighted by molar-refractivity contribution is 5.83. The Morgan fingerprint density at radius 2 is 2.27 bits per heavy atom. The molecule has 0 spiro atoms. The fourth-order valence-electron chi connectivity index (χ4n) is 1.87. The van der Waals surface area contributed by atoms with Gasteiger partial charge in [0.25, 0.3) is 0 Å². The van der Waals surface area contributed by atoms with E-state index in [4.69, 9.17) is 10.9 Å². The maximum absolute atomic E-state index is 11.8. The van der Waals surface area contributed by atoms with Crippen molar-refractivity contribution in [2.24, 2.45) is 10.8 Å².